The molecule has 0 unspecified atom stereocenters. The number of hydrogen-bond donors (Lipinski definition) is 4. The van der Waals surface area contributed by atoms with Gasteiger partial charge >= 0.3 is 24.4 Å². The first-order chi connectivity index (χ1) is 16.2. The standard InChI is InChI=1S/2C11H14N2O4/c2*12-10(14)16-6-9(7-17-11(13)15)8-4-2-1-3-5-8/h2*1-5,9H,6-7H2,(H2,12,14)(H2,13,15). The van der Waals surface area contributed by atoms with Crippen LogP contribution in [0.25, 0.3) is 0 Å². The van der Waals surface area contributed by atoms with Gasteiger partial charge in [-0.15, -0.1) is 0 Å². The molecule has 0 fully saturated rings. The fraction of sp³-hybridized carbons (Fsp3) is 0.273. The van der Waals surface area contributed by atoms with Crippen LogP contribution < -0.4 is 22.9 Å². The van der Waals surface area contributed by atoms with Gasteiger partial charge in [0, 0.05) is 0 Å². The topological polar surface area (TPSA) is 209 Å². The zero-order valence-corrected chi connectivity index (χ0v) is 18.3. The molecule has 0 aliphatic rings. The van der Waals surface area contributed by atoms with Crippen LogP contribution in [0.3, 0.4) is 0 Å². The van der Waals surface area contributed by atoms with E-state index in [-0.39, 0.29) is 38.3 Å². The van der Waals surface area contributed by atoms with Gasteiger partial charge in [-0.2, -0.15) is 0 Å². The molecule has 2 rings (SSSR count). The lowest BCUT2D eigenvalue weighted by Crippen LogP contribution is -2.23. The first-order valence-corrected chi connectivity index (χ1v) is 9.97. The second-order valence-corrected chi connectivity index (χ2v) is 6.74. The second kappa shape index (κ2) is 15.3. The molecule has 2 aromatic carbocycles. The van der Waals surface area contributed by atoms with E-state index < -0.39 is 24.4 Å². The maximum atomic E-state index is 10.5. The smallest absolute Gasteiger partial charge is 0.404 e. The summed E-state index contributed by atoms with van der Waals surface area (Å²) in [7, 11) is 0. The lowest BCUT2D eigenvalue weighted by Gasteiger charge is -2.16. The van der Waals surface area contributed by atoms with Crippen LogP contribution in [0.1, 0.15) is 23.0 Å². The van der Waals surface area contributed by atoms with E-state index in [1.165, 1.54) is 0 Å². The van der Waals surface area contributed by atoms with Crippen LogP contribution in [0.5, 0.6) is 0 Å². The van der Waals surface area contributed by atoms with Crippen molar-refractivity contribution in [2.75, 3.05) is 26.4 Å². The van der Waals surface area contributed by atoms with Crippen LogP contribution >= 0.6 is 0 Å². The minimum atomic E-state index is -0.870. The molecule has 0 aromatic heterocycles. The highest BCUT2D eigenvalue weighted by Gasteiger charge is 2.16. The summed E-state index contributed by atoms with van der Waals surface area (Å²) in [5.41, 5.74) is 21.3. The van der Waals surface area contributed by atoms with Crippen molar-refractivity contribution in [1.82, 2.24) is 0 Å². The predicted octanol–water partition coefficient (Wildman–Crippen LogP) is 1.92. The van der Waals surface area contributed by atoms with Crippen LogP contribution in [0, 0.1) is 0 Å². The molecule has 34 heavy (non-hydrogen) atoms. The molecular weight excluding hydrogens is 448 g/mol. The van der Waals surface area contributed by atoms with Gasteiger partial charge in [-0.1, -0.05) is 60.7 Å². The molecule has 0 heterocycles. The Morgan fingerprint density at radius 2 is 0.735 bits per heavy atom. The molecule has 0 bridgehead atoms. The molecular formula is C22H28N4O8. The van der Waals surface area contributed by atoms with Gasteiger partial charge in [0.15, 0.2) is 0 Å². The Balaban J connectivity index is 0.000000340. The summed E-state index contributed by atoms with van der Waals surface area (Å²) < 4.78 is 18.8. The van der Waals surface area contributed by atoms with Crippen molar-refractivity contribution in [3.8, 4) is 0 Å². The van der Waals surface area contributed by atoms with Crippen LogP contribution in [0.2, 0.25) is 0 Å². The average Bonchev–Trinajstić information content (AvgIpc) is 2.80. The molecule has 0 saturated heterocycles. The highest BCUT2D eigenvalue weighted by molar-refractivity contribution is 5.65. The fourth-order valence-electron chi connectivity index (χ4n) is 2.66. The first kappa shape index (κ1) is 27.6. The van der Waals surface area contributed by atoms with Crippen LogP contribution in [0.15, 0.2) is 60.7 Å². The van der Waals surface area contributed by atoms with E-state index in [0.717, 1.165) is 11.1 Å². The number of carbonyl (C=O) groups excluding carboxylic acids is 4. The maximum Gasteiger partial charge on any atom is 0.404 e. The number of rotatable bonds is 10. The number of hydrogen-bond acceptors (Lipinski definition) is 8. The number of amides is 4. The number of benzene rings is 2. The van der Waals surface area contributed by atoms with Crippen molar-refractivity contribution in [3.05, 3.63) is 71.8 Å². The van der Waals surface area contributed by atoms with Crippen molar-refractivity contribution < 1.29 is 38.1 Å². The van der Waals surface area contributed by atoms with E-state index in [4.69, 9.17) is 41.9 Å². The molecule has 184 valence electrons. The van der Waals surface area contributed by atoms with Gasteiger partial charge in [-0.3, -0.25) is 0 Å². The summed E-state index contributed by atoms with van der Waals surface area (Å²) in [6.07, 6.45) is -3.48. The number of nitrogens with two attached hydrogens (primary N) is 4. The lowest BCUT2D eigenvalue weighted by molar-refractivity contribution is 0.114. The molecule has 0 radical (unpaired) electrons. The van der Waals surface area contributed by atoms with Crippen molar-refractivity contribution in [1.29, 1.82) is 0 Å². The molecule has 12 nitrogen and oxygen atoms in total. The summed E-state index contributed by atoms with van der Waals surface area (Å²) in [5, 5.41) is 0. The Kier molecular flexibility index (Phi) is 12.4. The minimum absolute atomic E-state index is 0.0344. The van der Waals surface area contributed by atoms with E-state index in [2.05, 4.69) is 0 Å². The van der Waals surface area contributed by atoms with Gasteiger partial charge in [-0.25, -0.2) is 19.2 Å². The molecule has 0 atom stereocenters. The van der Waals surface area contributed by atoms with Crippen LogP contribution in [0.4, 0.5) is 19.2 Å². The van der Waals surface area contributed by atoms with Crippen molar-refractivity contribution in [3.63, 3.8) is 0 Å². The monoisotopic (exact) mass is 476 g/mol. The van der Waals surface area contributed by atoms with E-state index in [0.29, 0.717) is 0 Å². The third-order valence-corrected chi connectivity index (χ3v) is 4.25. The predicted molar refractivity (Wildman–Crippen MR) is 121 cm³/mol. The molecule has 0 aliphatic carbocycles. The van der Waals surface area contributed by atoms with Gasteiger partial charge in [0.2, 0.25) is 0 Å². The summed E-state index contributed by atoms with van der Waals surface area (Å²) in [4.78, 5) is 42.2. The number of carbonyl (C=O) groups is 4. The second-order valence-electron chi connectivity index (χ2n) is 6.74. The Bertz CT molecular complexity index is 800. The Labute approximate surface area is 196 Å². The van der Waals surface area contributed by atoms with Gasteiger partial charge in [0.25, 0.3) is 0 Å². The van der Waals surface area contributed by atoms with E-state index in [9.17, 15) is 19.2 Å². The van der Waals surface area contributed by atoms with Gasteiger partial charge in [-0.05, 0) is 11.1 Å². The maximum absolute atomic E-state index is 10.5. The minimum Gasteiger partial charge on any atom is -0.449 e. The third-order valence-electron chi connectivity index (χ3n) is 4.25. The Morgan fingerprint density at radius 3 is 0.941 bits per heavy atom. The van der Waals surface area contributed by atoms with Gasteiger partial charge in [0.1, 0.15) is 26.4 Å². The van der Waals surface area contributed by atoms with Gasteiger partial charge in [0.05, 0.1) is 11.8 Å². The molecule has 0 spiro atoms. The fourth-order valence-corrected chi connectivity index (χ4v) is 2.66. The zero-order valence-electron chi connectivity index (χ0n) is 18.3. The molecule has 2 aromatic rings. The van der Waals surface area contributed by atoms with Crippen molar-refractivity contribution in [2.45, 2.75) is 11.8 Å². The first-order valence-electron chi connectivity index (χ1n) is 9.97. The molecule has 0 saturated carbocycles. The third kappa shape index (κ3) is 12.4. The van der Waals surface area contributed by atoms with Crippen LogP contribution in [-0.2, 0) is 18.9 Å². The Morgan fingerprint density at radius 1 is 0.500 bits per heavy atom. The van der Waals surface area contributed by atoms with Gasteiger partial charge < -0.3 is 41.9 Å². The average molecular weight is 476 g/mol. The summed E-state index contributed by atoms with van der Waals surface area (Å²) in [6, 6.07) is 18.4. The molecule has 4 amide bonds. The van der Waals surface area contributed by atoms with E-state index >= 15 is 0 Å². The SMILES string of the molecule is NC(=O)OCC(COC(N)=O)c1ccccc1.NC(=O)OCC(COC(N)=O)c1ccccc1. The van der Waals surface area contributed by atoms with Crippen LogP contribution in [-0.4, -0.2) is 50.8 Å². The quantitative estimate of drug-likeness (QED) is 0.371. The van der Waals surface area contributed by atoms with Crippen molar-refractivity contribution in [2.24, 2.45) is 22.9 Å². The highest BCUT2D eigenvalue weighted by Crippen LogP contribution is 2.17. The highest BCUT2D eigenvalue weighted by atomic mass is 16.6. The largest absolute Gasteiger partial charge is 0.449 e. The normalized spacial score (nSPS) is 9.94. The summed E-state index contributed by atoms with van der Waals surface area (Å²) in [6.45, 7) is 0.137. The lowest BCUT2D eigenvalue weighted by atomic mass is 10.0. The molecule has 0 aliphatic heterocycles. The summed E-state index contributed by atoms with van der Waals surface area (Å²) in [5.74, 6) is -0.563. The summed E-state index contributed by atoms with van der Waals surface area (Å²) >= 11 is 0. The van der Waals surface area contributed by atoms with Crippen molar-refractivity contribution >= 4 is 24.4 Å². The Hall–Kier alpha value is -4.48. The van der Waals surface area contributed by atoms with E-state index in [1.54, 1.807) is 0 Å². The molecule has 12 heteroatoms. The zero-order chi connectivity index (χ0) is 25.3. The number of ether oxygens (including phenoxy) is 4. The molecule has 8 N–H and O–H groups in total. The van der Waals surface area contributed by atoms with E-state index in [1.807, 2.05) is 60.7 Å². The number of primary amides is 4.